The lowest BCUT2D eigenvalue weighted by Crippen LogP contribution is -2.45. The van der Waals surface area contributed by atoms with Crippen LogP contribution in [0.25, 0.3) is 0 Å². The summed E-state index contributed by atoms with van der Waals surface area (Å²) in [6, 6.07) is 13.7. The lowest BCUT2D eigenvalue weighted by molar-refractivity contribution is -0.120. The minimum atomic E-state index is -3.87. The van der Waals surface area contributed by atoms with Gasteiger partial charge in [0.05, 0.1) is 10.6 Å². The molecule has 0 bridgehead atoms. The van der Waals surface area contributed by atoms with Crippen molar-refractivity contribution in [1.82, 2.24) is 5.32 Å². The van der Waals surface area contributed by atoms with Gasteiger partial charge in [-0.3, -0.25) is 9.10 Å². The molecule has 0 aliphatic heterocycles. The Morgan fingerprint density at radius 2 is 1.67 bits per heavy atom. The lowest BCUT2D eigenvalue weighted by Gasteiger charge is -2.27. The third kappa shape index (κ3) is 5.10. The number of sulfonamides is 1. The lowest BCUT2D eigenvalue weighted by atomic mass is 10.1. The Hall–Kier alpha value is -2.34. The van der Waals surface area contributed by atoms with E-state index in [4.69, 9.17) is 0 Å². The molecule has 0 aliphatic carbocycles. The molecule has 6 heteroatoms. The molecule has 0 heterocycles. The molecule has 1 N–H and O–H groups in total. The van der Waals surface area contributed by atoms with Crippen LogP contribution in [0.2, 0.25) is 0 Å². The first-order valence-corrected chi connectivity index (χ1v) is 10.5. The molecule has 0 fully saturated rings. The Kier molecular flexibility index (Phi) is 6.65. The smallest absolute Gasteiger partial charge is 0.264 e. The van der Waals surface area contributed by atoms with E-state index < -0.39 is 10.0 Å². The maximum Gasteiger partial charge on any atom is 0.264 e. The Morgan fingerprint density at radius 1 is 1.04 bits per heavy atom. The van der Waals surface area contributed by atoms with Crippen molar-refractivity contribution >= 4 is 21.6 Å². The summed E-state index contributed by atoms with van der Waals surface area (Å²) in [5.74, 6) is -0.0644. The van der Waals surface area contributed by atoms with Crippen LogP contribution in [0.5, 0.6) is 0 Å². The molecule has 2 aromatic carbocycles. The van der Waals surface area contributed by atoms with Gasteiger partial charge < -0.3 is 5.32 Å². The number of carbonyl (C=O) groups is 1. The number of hydrogen-bond donors (Lipinski definition) is 1. The number of hydrogen-bond acceptors (Lipinski definition) is 3. The Morgan fingerprint density at radius 3 is 2.26 bits per heavy atom. The van der Waals surface area contributed by atoms with Crippen molar-refractivity contribution in [3.8, 4) is 0 Å². The highest BCUT2D eigenvalue weighted by Crippen LogP contribution is 2.27. The molecule has 2 rings (SSSR count). The molecule has 27 heavy (non-hydrogen) atoms. The van der Waals surface area contributed by atoms with Crippen molar-refractivity contribution in [2.24, 2.45) is 5.92 Å². The number of carbonyl (C=O) groups excluding carboxylic acids is 1. The molecule has 0 spiro atoms. The van der Waals surface area contributed by atoms with E-state index in [1.165, 1.54) is 4.31 Å². The van der Waals surface area contributed by atoms with Crippen LogP contribution in [0.15, 0.2) is 53.4 Å². The highest BCUT2D eigenvalue weighted by molar-refractivity contribution is 7.92. The van der Waals surface area contributed by atoms with Crippen LogP contribution in [-0.2, 0) is 14.8 Å². The van der Waals surface area contributed by atoms with Crippen LogP contribution in [0, 0.1) is 19.8 Å². The number of anilines is 1. The molecule has 5 nitrogen and oxygen atoms in total. The van der Waals surface area contributed by atoms with Crippen LogP contribution in [0.3, 0.4) is 0 Å². The summed E-state index contributed by atoms with van der Waals surface area (Å²) in [5, 5.41) is 2.89. The zero-order chi connectivity index (χ0) is 20.2. The van der Waals surface area contributed by atoms with E-state index in [9.17, 15) is 13.2 Å². The summed E-state index contributed by atoms with van der Waals surface area (Å²) in [6.45, 7) is 9.41. The molecular weight excluding hydrogens is 360 g/mol. The van der Waals surface area contributed by atoms with Crippen LogP contribution in [-0.4, -0.2) is 26.9 Å². The van der Waals surface area contributed by atoms with Gasteiger partial charge in [-0.1, -0.05) is 44.2 Å². The van der Waals surface area contributed by atoms with Crippen LogP contribution in [0.1, 0.15) is 31.9 Å². The van der Waals surface area contributed by atoms with Gasteiger partial charge in [-0.05, 0) is 56.0 Å². The minimum Gasteiger partial charge on any atom is -0.352 e. The normalized spacial score (nSPS) is 12.7. The van der Waals surface area contributed by atoms with Crippen molar-refractivity contribution in [2.45, 2.75) is 45.6 Å². The van der Waals surface area contributed by atoms with E-state index in [0.29, 0.717) is 5.69 Å². The molecule has 0 aliphatic rings. The summed E-state index contributed by atoms with van der Waals surface area (Å²) in [6.07, 6.45) is 0. The van der Waals surface area contributed by atoms with Crippen molar-refractivity contribution in [2.75, 3.05) is 10.8 Å². The van der Waals surface area contributed by atoms with Crippen LogP contribution >= 0.6 is 0 Å². The highest BCUT2D eigenvalue weighted by atomic mass is 32.2. The van der Waals surface area contributed by atoms with E-state index in [1.807, 2.05) is 46.8 Å². The van der Waals surface area contributed by atoms with Gasteiger partial charge in [-0.2, -0.15) is 0 Å². The van der Waals surface area contributed by atoms with E-state index in [-0.39, 0.29) is 29.3 Å². The molecular formula is C21H28N2O3S. The summed E-state index contributed by atoms with van der Waals surface area (Å²) in [7, 11) is -3.87. The fraction of sp³-hybridized carbons (Fsp3) is 0.381. The van der Waals surface area contributed by atoms with E-state index in [2.05, 4.69) is 5.32 Å². The first kappa shape index (κ1) is 21.0. The van der Waals surface area contributed by atoms with Crippen molar-refractivity contribution < 1.29 is 13.2 Å². The summed E-state index contributed by atoms with van der Waals surface area (Å²) in [4.78, 5) is 12.8. The molecule has 1 atom stereocenters. The molecule has 0 radical (unpaired) electrons. The third-order valence-corrected chi connectivity index (χ3v) is 6.41. The molecule has 0 saturated carbocycles. The topological polar surface area (TPSA) is 66.5 Å². The van der Waals surface area contributed by atoms with Gasteiger partial charge in [0, 0.05) is 6.04 Å². The fourth-order valence-corrected chi connectivity index (χ4v) is 4.10. The largest absolute Gasteiger partial charge is 0.352 e. The Bertz CT molecular complexity index is 893. The van der Waals surface area contributed by atoms with Gasteiger partial charge in [0.15, 0.2) is 0 Å². The third-order valence-electron chi connectivity index (χ3n) is 4.64. The second-order valence-corrected chi connectivity index (χ2v) is 9.08. The van der Waals surface area contributed by atoms with Gasteiger partial charge in [-0.15, -0.1) is 0 Å². The summed E-state index contributed by atoms with van der Waals surface area (Å²) < 4.78 is 27.8. The minimum absolute atomic E-state index is 0.0441. The quantitative estimate of drug-likeness (QED) is 0.787. The second kappa shape index (κ2) is 8.57. The number of aryl methyl sites for hydroxylation is 2. The average molecular weight is 389 g/mol. The van der Waals surface area contributed by atoms with E-state index in [1.54, 1.807) is 36.4 Å². The monoisotopic (exact) mass is 388 g/mol. The predicted octanol–water partition coefficient (Wildman–Crippen LogP) is 3.66. The predicted molar refractivity (Wildman–Crippen MR) is 109 cm³/mol. The van der Waals surface area contributed by atoms with E-state index >= 15 is 0 Å². The average Bonchev–Trinajstić information content (AvgIpc) is 2.62. The maximum atomic E-state index is 13.3. The Balaban J connectivity index is 2.46. The molecule has 1 amide bonds. The number of nitrogens with one attached hydrogen (secondary N) is 1. The first-order valence-electron chi connectivity index (χ1n) is 9.07. The Labute approximate surface area is 162 Å². The number of rotatable bonds is 7. The van der Waals surface area contributed by atoms with Gasteiger partial charge in [0.2, 0.25) is 5.91 Å². The first-order chi connectivity index (χ1) is 12.6. The molecule has 0 unspecified atom stereocenters. The van der Waals surface area contributed by atoms with Gasteiger partial charge in [0.25, 0.3) is 10.0 Å². The summed E-state index contributed by atoms with van der Waals surface area (Å²) >= 11 is 0. The van der Waals surface area contributed by atoms with Gasteiger partial charge >= 0.3 is 0 Å². The van der Waals surface area contributed by atoms with Crippen molar-refractivity contribution in [1.29, 1.82) is 0 Å². The second-order valence-electron chi connectivity index (χ2n) is 7.21. The molecule has 0 saturated heterocycles. The van der Waals surface area contributed by atoms with Crippen LogP contribution < -0.4 is 9.62 Å². The number of benzene rings is 2. The highest BCUT2D eigenvalue weighted by Gasteiger charge is 2.28. The number of nitrogens with zero attached hydrogens (tertiary/aromatic N) is 1. The van der Waals surface area contributed by atoms with Crippen molar-refractivity contribution in [3.05, 3.63) is 59.7 Å². The zero-order valence-corrected chi connectivity index (χ0v) is 17.4. The maximum absolute atomic E-state index is 13.3. The molecule has 146 valence electrons. The SMILES string of the molecule is Cc1ccc(C)c(N(CC(=O)N[C@H](C)C(C)C)S(=O)(=O)c2ccccc2)c1. The van der Waals surface area contributed by atoms with Crippen molar-refractivity contribution in [3.63, 3.8) is 0 Å². The van der Waals surface area contributed by atoms with Crippen LogP contribution in [0.4, 0.5) is 5.69 Å². The van der Waals surface area contributed by atoms with E-state index in [0.717, 1.165) is 11.1 Å². The fourth-order valence-electron chi connectivity index (χ4n) is 2.60. The molecule has 2 aromatic rings. The number of amides is 1. The van der Waals surface area contributed by atoms with Gasteiger partial charge in [0.1, 0.15) is 6.54 Å². The summed E-state index contributed by atoms with van der Waals surface area (Å²) in [5.41, 5.74) is 2.25. The van der Waals surface area contributed by atoms with Gasteiger partial charge in [-0.25, -0.2) is 8.42 Å². The molecule has 0 aromatic heterocycles. The zero-order valence-electron chi connectivity index (χ0n) is 16.6. The standard InChI is InChI=1S/C21H28N2O3S/c1-15(2)18(5)22-21(24)14-23(20-13-16(3)11-12-17(20)4)27(25,26)19-9-7-6-8-10-19/h6-13,15,18H,14H2,1-5H3,(H,22,24)/t18-/m1/s1.